The summed E-state index contributed by atoms with van der Waals surface area (Å²) in [4.78, 5) is 32.4. The number of benzene rings is 2. The van der Waals surface area contributed by atoms with Gasteiger partial charge in [0.25, 0.3) is 0 Å². The van der Waals surface area contributed by atoms with Crippen molar-refractivity contribution in [1.29, 1.82) is 0 Å². The van der Waals surface area contributed by atoms with Gasteiger partial charge >= 0.3 is 11.9 Å². The number of rotatable bonds is 8. The fraction of sp³-hybridized carbons (Fsp3) is 0.400. The SMILES string of the molecule is COc1ccc(C[C@@H]2c3cc(OC)c(OC)cc3CCN2C(C)C(N)=O)cc1OC.O=C(O)C(=O)O. The molecule has 11 nitrogen and oxygen atoms in total. The van der Waals surface area contributed by atoms with Crippen LogP contribution in [0.2, 0.25) is 0 Å². The van der Waals surface area contributed by atoms with E-state index in [2.05, 4.69) is 4.90 Å². The molecule has 196 valence electrons. The number of hydrogen-bond acceptors (Lipinski definition) is 8. The molecular weight excluding hydrogens is 472 g/mol. The van der Waals surface area contributed by atoms with Gasteiger partial charge in [0.05, 0.1) is 34.5 Å². The van der Waals surface area contributed by atoms with Gasteiger partial charge in [0, 0.05) is 12.6 Å². The van der Waals surface area contributed by atoms with E-state index >= 15 is 0 Å². The van der Waals surface area contributed by atoms with E-state index in [0.717, 1.165) is 24.1 Å². The van der Waals surface area contributed by atoms with Crippen LogP contribution >= 0.6 is 0 Å². The lowest BCUT2D eigenvalue weighted by atomic mass is 9.87. The minimum atomic E-state index is -1.82. The lowest BCUT2D eigenvalue weighted by Crippen LogP contribution is -2.48. The third kappa shape index (κ3) is 6.57. The highest BCUT2D eigenvalue weighted by molar-refractivity contribution is 6.27. The second-order valence-corrected chi connectivity index (χ2v) is 7.99. The molecule has 1 heterocycles. The molecule has 4 N–H and O–H groups in total. The zero-order valence-electron chi connectivity index (χ0n) is 20.9. The molecule has 0 aliphatic carbocycles. The van der Waals surface area contributed by atoms with Gasteiger partial charge in [0.1, 0.15) is 0 Å². The summed E-state index contributed by atoms with van der Waals surface area (Å²) in [6, 6.07) is 9.49. The van der Waals surface area contributed by atoms with Crippen LogP contribution in [0.4, 0.5) is 0 Å². The highest BCUT2D eigenvalue weighted by Crippen LogP contribution is 2.41. The Labute approximate surface area is 209 Å². The van der Waals surface area contributed by atoms with Crippen LogP contribution in [0.5, 0.6) is 23.0 Å². The standard InChI is InChI=1S/C23H30N2O5.C2H2O4/c1-14(23(24)26)25-9-8-16-12-21(29-4)22(30-5)13-17(16)18(25)10-15-6-7-19(27-2)20(11-15)28-3;3-1(4)2(5)6/h6-7,11-14,18H,8-10H2,1-5H3,(H2,24,26);(H,3,4)(H,5,6)/t14?,18-;/m1./s1. The number of carboxylic acids is 2. The molecule has 2 aromatic carbocycles. The van der Waals surface area contributed by atoms with Crippen LogP contribution in [0, 0.1) is 0 Å². The van der Waals surface area contributed by atoms with Crippen molar-refractivity contribution >= 4 is 17.8 Å². The maximum Gasteiger partial charge on any atom is 0.414 e. The molecule has 3 rings (SSSR count). The van der Waals surface area contributed by atoms with Crippen molar-refractivity contribution < 1.29 is 43.5 Å². The third-order valence-corrected chi connectivity index (χ3v) is 6.01. The van der Waals surface area contributed by atoms with Crippen molar-refractivity contribution in [2.24, 2.45) is 5.73 Å². The number of nitrogens with zero attached hydrogens (tertiary/aromatic N) is 1. The van der Waals surface area contributed by atoms with Crippen molar-refractivity contribution in [3.8, 4) is 23.0 Å². The van der Waals surface area contributed by atoms with Gasteiger partial charge < -0.3 is 34.9 Å². The Hall–Kier alpha value is -3.99. The zero-order valence-corrected chi connectivity index (χ0v) is 20.9. The first kappa shape index (κ1) is 28.2. The Kier molecular flexibility index (Phi) is 9.92. The number of nitrogens with two attached hydrogens (primary N) is 1. The minimum Gasteiger partial charge on any atom is -0.493 e. The van der Waals surface area contributed by atoms with Crippen molar-refractivity contribution in [2.75, 3.05) is 35.0 Å². The number of hydrogen-bond donors (Lipinski definition) is 3. The quantitative estimate of drug-likeness (QED) is 0.453. The Morgan fingerprint density at radius 2 is 1.44 bits per heavy atom. The lowest BCUT2D eigenvalue weighted by Gasteiger charge is -2.40. The minimum absolute atomic E-state index is 0.0471. The molecule has 0 aromatic heterocycles. The number of carboxylic acid groups (broad SMARTS) is 2. The normalized spacial score (nSPS) is 15.4. The van der Waals surface area contributed by atoms with Crippen molar-refractivity contribution in [3.63, 3.8) is 0 Å². The average Bonchev–Trinajstić information content (AvgIpc) is 2.87. The molecular formula is C25H32N2O9. The van der Waals surface area contributed by atoms with E-state index in [4.69, 9.17) is 44.5 Å². The smallest absolute Gasteiger partial charge is 0.414 e. The predicted molar refractivity (Wildman–Crippen MR) is 130 cm³/mol. The number of fused-ring (bicyclic) bond motifs is 1. The number of methoxy groups -OCH3 is 4. The highest BCUT2D eigenvalue weighted by Gasteiger charge is 2.34. The molecule has 2 aromatic rings. The number of ether oxygens (including phenoxy) is 4. The summed E-state index contributed by atoms with van der Waals surface area (Å²) in [7, 11) is 6.50. The molecule has 0 radical (unpaired) electrons. The van der Waals surface area contributed by atoms with Gasteiger partial charge in [0.2, 0.25) is 5.91 Å². The van der Waals surface area contributed by atoms with Gasteiger partial charge in [-0.1, -0.05) is 6.07 Å². The van der Waals surface area contributed by atoms with Crippen molar-refractivity contribution in [2.45, 2.75) is 31.8 Å². The summed E-state index contributed by atoms with van der Waals surface area (Å²) < 4.78 is 21.8. The molecule has 2 atom stereocenters. The molecule has 1 aliphatic heterocycles. The Morgan fingerprint density at radius 3 is 1.94 bits per heavy atom. The molecule has 0 saturated heterocycles. The largest absolute Gasteiger partial charge is 0.493 e. The number of carbonyl (C=O) groups is 3. The Morgan fingerprint density at radius 1 is 0.917 bits per heavy atom. The summed E-state index contributed by atoms with van der Waals surface area (Å²) >= 11 is 0. The summed E-state index contributed by atoms with van der Waals surface area (Å²) in [5.74, 6) is -1.26. The molecule has 0 bridgehead atoms. The van der Waals surface area contributed by atoms with E-state index in [1.807, 2.05) is 37.3 Å². The van der Waals surface area contributed by atoms with Crippen LogP contribution in [0.3, 0.4) is 0 Å². The van der Waals surface area contributed by atoms with Crippen LogP contribution in [0.15, 0.2) is 30.3 Å². The van der Waals surface area contributed by atoms with Crippen LogP contribution in [-0.2, 0) is 27.2 Å². The van der Waals surface area contributed by atoms with Crippen LogP contribution in [0.25, 0.3) is 0 Å². The molecule has 11 heteroatoms. The van der Waals surface area contributed by atoms with Crippen LogP contribution < -0.4 is 24.7 Å². The topological polar surface area (TPSA) is 158 Å². The summed E-state index contributed by atoms with van der Waals surface area (Å²) in [6.45, 7) is 2.58. The number of aliphatic carboxylic acids is 2. The zero-order chi connectivity index (χ0) is 27.0. The molecule has 1 unspecified atom stereocenters. The molecule has 0 saturated carbocycles. The van der Waals surface area contributed by atoms with Gasteiger partial charge in [-0.15, -0.1) is 0 Å². The Balaban J connectivity index is 0.000000678. The molecule has 1 aliphatic rings. The lowest BCUT2D eigenvalue weighted by molar-refractivity contribution is -0.159. The van der Waals surface area contributed by atoms with Gasteiger partial charge in [-0.05, 0) is 60.7 Å². The number of carbonyl (C=O) groups excluding carboxylic acids is 1. The first-order valence-electron chi connectivity index (χ1n) is 11.0. The summed E-state index contributed by atoms with van der Waals surface area (Å²) in [6.07, 6.45) is 1.48. The van der Waals surface area contributed by atoms with Crippen LogP contribution in [-0.4, -0.2) is 74.0 Å². The first-order valence-corrected chi connectivity index (χ1v) is 11.0. The maximum atomic E-state index is 12.0. The molecule has 36 heavy (non-hydrogen) atoms. The van der Waals surface area contributed by atoms with E-state index in [1.165, 1.54) is 5.56 Å². The second-order valence-electron chi connectivity index (χ2n) is 7.99. The first-order chi connectivity index (χ1) is 17.1. The van der Waals surface area contributed by atoms with E-state index in [0.29, 0.717) is 29.4 Å². The van der Waals surface area contributed by atoms with E-state index in [1.54, 1.807) is 28.4 Å². The van der Waals surface area contributed by atoms with E-state index < -0.39 is 18.0 Å². The summed E-state index contributed by atoms with van der Waals surface area (Å²) in [5.41, 5.74) is 9.04. The second kappa shape index (κ2) is 12.6. The number of amides is 1. The average molecular weight is 505 g/mol. The summed E-state index contributed by atoms with van der Waals surface area (Å²) in [5, 5.41) is 14.8. The van der Waals surface area contributed by atoms with Crippen molar-refractivity contribution in [3.05, 3.63) is 47.0 Å². The van der Waals surface area contributed by atoms with E-state index in [9.17, 15) is 4.79 Å². The number of primary amides is 1. The monoisotopic (exact) mass is 504 g/mol. The molecule has 0 spiro atoms. The fourth-order valence-electron chi connectivity index (χ4n) is 4.13. The Bertz CT molecular complexity index is 1090. The van der Waals surface area contributed by atoms with Gasteiger partial charge in [-0.2, -0.15) is 0 Å². The van der Waals surface area contributed by atoms with Gasteiger partial charge in [-0.25, -0.2) is 9.59 Å². The highest BCUT2D eigenvalue weighted by atomic mass is 16.5. The van der Waals surface area contributed by atoms with Crippen molar-refractivity contribution in [1.82, 2.24) is 4.90 Å². The molecule has 0 fully saturated rings. The third-order valence-electron chi connectivity index (χ3n) is 6.01. The predicted octanol–water partition coefficient (Wildman–Crippen LogP) is 1.89. The van der Waals surface area contributed by atoms with Gasteiger partial charge in [-0.3, -0.25) is 9.69 Å². The van der Waals surface area contributed by atoms with E-state index in [-0.39, 0.29) is 11.9 Å². The fourth-order valence-corrected chi connectivity index (χ4v) is 4.13. The van der Waals surface area contributed by atoms with Crippen LogP contribution in [0.1, 0.15) is 29.7 Å². The van der Waals surface area contributed by atoms with Gasteiger partial charge in [0.15, 0.2) is 23.0 Å². The maximum absolute atomic E-state index is 12.0. The molecule has 1 amide bonds.